The lowest BCUT2D eigenvalue weighted by atomic mass is 9.92. The monoisotopic (exact) mass is 305 g/mol. The predicted octanol–water partition coefficient (Wildman–Crippen LogP) is 2.81. The van der Waals surface area contributed by atoms with Crippen LogP contribution < -0.4 is 0 Å². The number of benzene rings is 2. The Morgan fingerprint density at radius 3 is 2.70 bits per heavy atom. The van der Waals surface area contributed by atoms with Gasteiger partial charge in [0.25, 0.3) is 0 Å². The van der Waals surface area contributed by atoms with Gasteiger partial charge in [-0.2, -0.15) is 0 Å². The third kappa shape index (κ3) is 3.61. The van der Waals surface area contributed by atoms with E-state index in [0.29, 0.717) is 0 Å². The van der Waals surface area contributed by atoms with Gasteiger partial charge in [-0.3, -0.25) is 9.69 Å². The maximum Gasteiger partial charge on any atom is 0.319 e. The minimum atomic E-state index is -0.226. The molecule has 0 bridgehead atoms. The van der Waals surface area contributed by atoms with E-state index in [-0.39, 0.29) is 18.6 Å². The molecule has 116 valence electrons. The molecule has 2 aromatic rings. The summed E-state index contributed by atoms with van der Waals surface area (Å²) in [7, 11) is 1.42. The van der Waals surface area contributed by atoms with Gasteiger partial charge in [-0.1, -0.05) is 54.3 Å². The van der Waals surface area contributed by atoms with Gasteiger partial charge in [0.05, 0.1) is 19.7 Å². The lowest BCUT2D eigenvalue weighted by Gasteiger charge is -2.33. The van der Waals surface area contributed by atoms with Gasteiger partial charge >= 0.3 is 5.97 Å². The van der Waals surface area contributed by atoms with E-state index in [9.17, 15) is 4.79 Å². The molecule has 1 aliphatic rings. The summed E-state index contributed by atoms with van der Waals surface area (Å²) in [5.74, 6) is 6.35. The molecule has 0 saturated heterocycles. The second-order valence-electron chi connectivity index (χ2n) is 5.53. The summed E-state index contributed by atoms with van der Waals surface area (Å²) in [4.78, 5) is 13.8. The van der Waals surface area contributed by atoms with Crippen molar-refractivity contribution >= 4 is 5.97 Å². The molecule has 0 fully saturated rings. The van der Waals surface area contributed by atoms with Crippen molar-refractivity contribution in [2.45, 2.75) is 12.5 Å². The maximum absolute atomic E-state index is 11.7. The van der Waals surface area contributed by atoms with Crippen LogP contribution in [0.15, 0.2) is 54.6 Å². The molecule has 0 aromatic heterocycles. The van der Waals surface area contributed by atoms with Crippen molar-refractivity contribution in [3.05, 3.63) is 71.3 Å². The fraction of sp³-hybridized carbons (Fsp3) is 0.250. The Hall–Kier alpha value is -2.57. The molecular weight excluding hydrogens is 286 g/mol. The van der Waals surface area contributed by atoms with Gasteiger partial charge in [-0.15, -0.1) is 0 Å². The third-order valence-corrected chi connectivity index (χ3v) is 4.07. The fourth-order valence-corrected chi connectivity index (χ4v) is 2.86. The van der Waals surface area contributed by atoms with Crippen LogP contribution in [0.3, 0.4) is 0 Å². The summed E-state index contributed by atoms with van der Waals surface area (Å²) < 4.78 is 4.82. The van der Waals surface area contributed by atoms with Crippen LogP contribution in [-0.2, 0) is 16.0 Å². The zero-order valence-electron chi connectivity index (χ0n) is 13.2. The second kappa shape index (κ2) is 7.13. The van der Waals surface area contributed by atoms with Crippen molar-refractivity contribution in [1.29, 1.82) is 0 Å². The van der Waals surface area contributed by atoms with Crippen LogP contribution in [0.5, 0.6) is 0 Å². The largest absolute Gasteiger partial charge is 0.468 e. The molecule has 23 heavy (non-hydrogen) atoms. The van der Waals surface area contributed by atoms with E-state index in [1.807, 2.05) is 36.4 Å². The molecule has 0 saturated carbocycles. The van der Waals surface area contributed by atoms with Crippen molar-refractivity contribution < 1.29 is 9.53 Å². The van der Waals surface area contributed by atoms with Gasteiger partial charge in [0.15, 0.2) is 0 Å². The van der Waals surface area contributed by atoms with Crippen molar-refractivity contribution in [2.75, 3.05) is 20.2 Å². The molecule has 3 nitrogen and oxygen atoms in total. The summed E-state index contributed by atoms with van der Waals surface area (Å²) in [6.45, 7) is 1.07. The molecule has 1 unspecified atom stereocenters. The van der Waals surface area contributed by atoms with Crippen molar-refractivity contribution in [2.24, 2.45) is 0 Å². The fourth-order valence-electron chi connectivity index (χ4n) is 2.86. The summed E-state index contributed by atoms with van der Waals surface area (Å²) >= 11 is 0. The van der Waals surface area contributed by atoms with Crippen molar-refractivity contribution in [3.63, 3.8) is 0 Å². The molecule has 0 aliphatic carbocycles. The molecule has 2 aromatic carbocycles. The molecular formula is C20H19NO2. The molecule has 1 atom stereocenters. The van der Waals surface area contributed by atoms with Gasteiger partial charge in [0.2, 0.25) is 0 Å². The van der Waals surface area contributed by atoms with Crippen LogP contribution in [0.1, 0.15) is 22.7 Å². The predicted molar refractivity (Wildman–Crippen MR) is 89.8 cm³/mol. The standard InChI is InChI=1S/C20H19NO2/c1-23-20(22)15-21-14-13-17-9-5-6-10-18(17)19(21)12-11-16-7-3-2-4-8-16/h2-10,19H,13-15H2,1H3. The zero-order chi connectivity index (χ0) is 16.1. The highest BCUT2D eigenvalue weighted by Gasteiger charge is 2.27. The van der Waals surface area contributed by atoms with Crippen LogP contribution in [-0.4, -0.2) is 31.1 Å². The average Bonchev–Trinajstić information content (AvgIpc) is 2.61. The maximum atomic E-state index is 11.7. The summed E-state index contributed by atoms with van der Waals surface area (Å²) in [6.07, 6.45) is 0.927. The number of esters is 1. The number of hydrogen-bond acceptors (Lipinski definition) is 3. The minimum Gasteiger partial charge on any atom is -0.468 e. The summed E-state index contributed by atoms with van der Waals surface area (Å²) in [6, 6.07) is 18.2. The number of ether oxygens (including phenoxy) is 1. The number of hydrogen-bond donors (Lipinski definition) is 0. The number of nitrogens with zero attached hydrogens (tertiary/aromatic N) is 1. The first-order valence-electron chi connectivity index (χ1n) is 7.73. The minimum absolute atomic E-state index is 0.0840. The van der Waals surface area contributed by atoms with Crippen LogP contribution >= 0.6 is 0 Å². The Bertz CT molecular complexity index is 743. The Labute approximate surface area is 136 Å². The lowest BCUT2D eigenvalue weighted by molar-refractivity contribution is -0.142. The van der Waals surface area contributed by atoms with E-state index in [4.69, 9.17) is 4.74 Å². The molecule has 1 heterocycles. The smallest absolute Gasteiger partial charge is 0.319 e. The van der Waals surface area contributed by atoms with Crippen LogP contribution in [0.2, 0.25) is 0 Å². The zero-order valence-corrected chi connectivity index (χ0v) is 13.2. The first-order chi connectivity index (χ1) is 11.3. The highest BCUT2D eigenvalue weighted by molar-refractivity contribution is 5.71. The van der Waals surface area contributed by atoms with Crippen molar-refractivity contribution in [1.82, 2.24) is 4.90 Å². The molecule has 0 radical (unpaired) electrons. The second-order valence-corrected chi connectivity index (χ2v) is 5.53. The van der Waals surface area contributed by atoms with Gasteiger partial charge in [-0.05, 0) is 29.7 Å². The molecule has 3 heteroatoms. The summed E-state index contributed by atoms with van der Waals surface area (Å²) in [5, 5.41) is 0. The molecule has 0 amide bonds. The SMILES string of the molecule is COC(=O)CN1CCc2ccccc2C1C#Cc1ccccc1. The van der Waals surface area contributed by atoms with Gasteiger partial charge in [0.1, 0.15) is 0 Å². The van der Waals surface area contributed by atoms with Crippen LogP contribution in [0.25, 0.3) is 0 Å². The highest BCUT2D eigenvalue weighted by Crippen LogP contribution is 2.29. The molecule has 1 aliphatic heterocycles. The van der Waals surface area contributed by atoms with Gasteiger partial charge in [0, 0.05) is 12.1 Å². The average molecular weight is 305 g/mol. The number of carbonyl (C=O) groups is 1. The Balaban J connectivity index is 1.93. The van der Waals surface area contributed by atoms with Crippen LogP contribution in [0.4, 0.5) is 0 Å². The molecule has 0 spiro atoms. The molecule has 3 rings (SSSR count). The molecule has 0 N–H and O–H groups in total. The van der Waals surface area contributed by atoms with E-state index in [0.717, 1.165) is 18.5 Å². The normalized spacial score (nSPS) is 16.8. The quantitative estimate of drug-likeness (QED) is 0.631. The van der Waals surface area contributed by atoms with E-state index in [2.05, 4.69) is 34.9 Å². The summed E-state index contributed by atoms with van der Waals surface area (Å²) in [5.41, 5.74) is 3.47. The first kappa shape index (κ1) is 15.3. The number of rotatable bonds is 2. The third-order valence-electron chi connectivity index (χ3n) is 4.07. The Morgan fingerprint density at radius 2 is 1.91 bits per heavy atom. The van der Waals surface area contributed by atoms with Crippen LogP contribution in [0, 0.1) is 11.8 Å². The number of fused-ring (bicyclic) bond motifs is 1. The van der Waals surface area contributed by atoms with E-state index < -0.39 is 0 Å². The number of methoxy groups -OCH3 is 1. The Morgan fingerprint density at radius 1 is 1.17 bits per heavy atom. The van der Waals surface area contributed by atoms with E-state index in [1.54, 1.807) is 0 Å². The highest BCUT2D eigenvalue weighted by atomic mass is 16.5. The van der Waals surface area contributed by atoms with E-state index >= 15 is 0 Å². The van der Waals surface area contributed by atoms with Gasteiger partial charge < -0.3 is 4.74 Å². The first-order valence-corrected chi connectivity index (χ1v) is 7.73. The van der Waals surface area contributed by atoms with Crippen molar-refractivity contribution in [3.8, 4) is 11.8 Å². The van der Waals surface area contributed by atoms with Gasteiger partial charge in [-0.25, -0.2) is 0 Å². The van der Waals surface area contributed by atoms with E-state index in [1.165, 1.54) is 18.2 Å². The Kier molecular flexibility index (Phi) is 4.75. The number of carbonyl (C=O) groups excluding carboxylic acids is 1. The topological polar surface area (TPSA) is 29.5 Å². The lowest BCUT2D eigenvalue weighted by Crippen LogP contribution is -2.38.